The minimum Gasteiger partial charge on any atom is -0.497 e. The predicted molar refractivity (Wildman–Crippen MR) is 121 cm³/mol. The Morgan fingerprint density at radius 3 is 2.63 bits per heavy atom. The van der Waals surface area contributed by atoms with E-state index in [-0.39, 0.29) is 17.4 Å². The summed E-state index contributed by atoms with van der Waals surface area (Å²) in [6.45, 7) is 2.12. The van der Waals surface area contributed by atoms with Crippen LogP contribution in [0.25, 0.3) is 6.08 Å². The van der Waals surface area contributed by atoms with E-state index in [0.717, 1.165) is 61.3 Å². The van der Waals surface area contributed by atoms with Crippen LogP contribution in [-0.2, 0) is 11.2 Å². The lowest BCUT2D eigenvalue weighted by atomic mass is 9.88. The Hall–Kier alpha value is -2.75. The third-order valence-electron chi connectivity index (χ3n) is 6.28. The molecule has 0 aromatic heterocycles. The quantitative estimate of drug-likeness (QED) is 0.640. The Labute approximate surface area is 179 Å². The topological polar surface area (TPSA) is 47.6 Å². The maximum atomic E-state index is 12.5. The Balaban J connectivity index is 1.37. The van der Waals surface area contributed by atoms with Crippen LogP contribution in [0.2, 0.25) is 0 Å². The van der Waals surface area contributed by atoms with Gasteiger partial charge in [0.05, 0.1) is 7.11 Å². The Morgan fingerprint density at radius 2 is 1.90 bits per heavy atom. The summed E-state index contributed by atoms with van der Waals surface area (Å²) in [6.07, 6.45) is 11.6. The second-order valence-corrected chi connectivity index (χ2v) is 8.67. The van der Waals surface area contributed by atoms with Gasteiger partial charge in [0, 0.05) is 17.2 Å². The first kappa shape index (κ1) is 20.5. The number of methoxy groups -OCH3 is 1. The molecule has 0 spiro atoms. The highest BCUT2D eigenvalue weighted by atomic mass is 16.5. The zero-order valence-corrected chi connectivity index (χ0v) is 17.9. The summed E-state index contributed by atoms with van der Waals surface area (Å²) < 4.78 is 11.6. The molecule has 158 valence electrons. The molecule has 1 atom stereocenters. The summed E-state index contributed by atoms with van der Waals surface area (Å²) >= 11 is 0. The molecular formula is C26H31NO3. The van der Waals surface area contributed by atoms with E-state index in [4.69, 9.17) is 9.47 Å². The first-order valence-corrected chi connectivity index (χ1v) is 11.0. The molecule has 4 rings (SSSR count). The molecule has 30 heavy (non-hydrogen) atoms. The zero-order chi connectivity index (χ0) is 21.0. The molecule has 2 aromatic rings. The monoisotopic (exact) mass is 405 g/mol. The van der Waals surface area contributed by atoms with Gasteiger partial charge < -0.3 is 14.8 Å². The predicted octanol–water partition coefficient (Wildman–Crippen LogP) is 6.01. The van der Waals surface area contributed by atoms with E-state index in [1.54, 1.807) is 7.11 Å². The number of carbonyl (C=O) groups is 1. The fourth-order valence-electron chi connectivity index (χ4n) is 4.33. The number of amides is 1. The maximum Gasteiger partial charge on any atom is 0.227 e. The Morgan fingerprint density at radius 1 is 1.13 bits per heavy atom. The van der Waals surface area contributed by atoms with Crippen molar-refractivity contribution in [3.8, 4) is 11.5 Å². The second kappa shape index (κ2) is 8.95. The highest BCUT2D eigenvalue weighted by molar-refractivity contribution is 5.93. The van der Waals surface area contributed by atoms with Crippen molar-refractivity contribution in [2.75, 3.05) is 12.4 Å². The largest absolute Gasteiger partial charge is 0.497 e. The summed E-state index contributed by atoms with van der Waals surface area (Å²) in [6, 6.07) is 14.1. The highest BCUT2D eigenvalue weighted by Gasteiger charge is 2.27. The average molecular weight is 406 g/mol. The second-order valence-electron chi connectivity index (χ2n) is 8.67. The van der Waals surface area contributed by atoms with Gasteiger partial charge in [-0.1, -0.05) is 37.5 Å². The number of nitrogens with one attached hydrogen (secondary N) is 1. The number of aryl methyl sites for hydroxylation is 1. The summed E-state index contributed by atoms with van der Waals surface area (Å²) in [4.78, 5) is 12.5. The van der Waals surface area contributed by atoms with Crippen LogP contribution in [0.1, 0.15) is 56.6 Å². The van der Waals surface area contributed by atoms with Crippen molar-refractivity contribution >= 4 is 17.7 Å². The van der Waals surface area contributed by atoms with E-state index in [9.17, 15) is 4.79 Å². The normalized spacial score (nSPS) is 20.9. The van der Waals surface area contributed by atoms with Crippen LogP contribution in [0.3, 0.4) is 0 Å². The molecule has 1 aliphatic carbocycles. The van der Waals surface area contributed by atoms with Gasteiger partial charge in [-0.2, -0.15) is 0 Å². The van der Waals surface area contributed by atoms with Crippen molar-refractivity contribution in [1.82, 2.24) is 0 Å². The highest BCUT2D eigenvalue weighted by Crippen LogP contribution is 2.35. The molecule has 1 heterocycles. The van der Waals surface area contributed by atoms with E-state index < -0.39 is 0 Å². The van der Waals surface area contributed by atoms with Crippen molar-refractivity contribution in [3.05, 3.63) is 59.7 Å². The van der Waals surface area contributed by atoms with E-state index in [2.05, 4.69) is 36.5 Å². The first-order valence-electron chi connectivity index (χ1n) is 11.0. The van der Waals surface area contributed by atoms with Gasteiger partial charge in [0.1, 0.15) is 17.1 Å². The molecule has 2 aromatic carbocycles. The molecule has 1 unspecified atom stereocenters. The summed E-state index contributed by atoms with van der Waals surface area (Å²) in [7, 11) is 1.68. The van der Waals surface area contributed by atoms with E-state index in [1.807, 2.05) is 30.3 Å². The van der Waals surface area contributed by atoms with Crippen LogP contribution in [-0.4, -0.2) is 18.6 Å². The lowest BCUT2D eigenvalue weighted by Gasteiger charge is -2.32. The van der Waals surface area contributed by atoms with Gasteiger partial charge in [-0.3, -0.25) is 4.79 Å². The van der Waals surface area contributed by atoms with Crippen molar-refractivity contribution in [2.24, 2.45) is 5.92 Å². The van der Waals surface area contributed by atoms with Crippen LogP contribution >= 0.6 is 0 Å². The lowest BCUT2D eigenvalue weighted by molar-refractivity contribution is -0.120. The molecule has 4 heteroatoms. The number of fused-ring (bicyclic) bond motifs is 1. The summed E-state index contributed by atoms with van der Waals surface area (Å²) in [5.41, 5.74) is 2.78. The molecule has 1 fully saturated rings. The van der Waals surface area contributed by atoms with Gasteiger partial charge in [-0.15, -0.1) is 0 Å². The van der Waals surface area contributed by atoms with Crippen LogP contribution in [0.5, 0.6) is 11.5 Å². The molecule has 1 saturated carbocycles. The van der Waals surface area contributed by atoms with E-state index in [0.29, 0.717) is 0 Å². The number of benzene rings is 2. The molecule has 4 nitrogen and oxygen atoms in total. The molecular weight excluding hydrogens is 374 g/mol. The smallest absolute Gasteiger partial charge is 0.227 e. The van der Waals surface area contributed by atoms with Crippen molar-refractivity contribution in [3.63, 3.8) is 0 Å². The Bertz CT molecular complexity index is 912. The third-order valence-corrected chi connectivity index (χ3v) is 6.28. The average Bonchev–Trinajstić information content (AvgIpc) is 2.79. The number of rotatable bonds is 6. The minimum absolute atomic E-state index is 0.152. The van der Waals surface area contributed by atoms with Gasteiger partial charge in [0.15, 0.2) is 0 Å². The number of carbonyl (C=O) groups excluding carboxylic acids is 1. The summed E-state index contributed by atoms with van der Waals surface area (Å²) in [5, 5.41) is 3.10. The van der Waals surface area contributed by atoms with Crippen LogP contribution in [0, 0.1) is 5.92 Å². The van der Waals surface area contributed by atoms with Crippen LogP contribution < -0.4 is 14.8 Å². The fourth-order valence-corrected chi connectivity index (χ4v) is 4.33. The van der Waals surface area contributed by atoms with E-state index in [1.165, 1.54) is 12.0 Å². The van der Waals surface area contributed by atoms with Crippen LogP contribution in [0.15, 0.2) is 48.5 Å². The number of anilines is 1. The lowest BCUT2D eigenvalue weighted by Crippen LogP contribution is -2.32. The number of hydrogen-bond donors (Lipinski definition) is 1. The van der Waals surface area contributed by atoms with Crippen LogP contribution in [0.4, 0.5) is 5.69 Å². The van der Waals surface area contributed by atoms with Gasteiger partial charge >= 0.3 is 0 Å². The molecule has 0 bridgehead atoms. The molecule has 1 aliphatic heterocycles. The number of hydrogen-bond acceptors (Lipinski definition) is 3. The first-order chi connectivity index (χ1) is 14.5. The Kier molecular flexibility index (Phi) is 6.12. The molecule has 0 radical (unpaired) electrons. The van der Waals surface area contributed by atoms with E-state index >= 15 is 0 Å². The molecule has 1 N–H and O–H groups in total. The van der Waals surface area contributed by atoms with Crippen molar-refractivity contribution < 1.29 is 14.3 Å². The van der Waals surface area contributed by atoms with Crippen molar-refractivity contribution in [2.45, 2.75) is 57.5 Å². The maximum absolute atomic E-state index is 12.5. The summed E-state index contributed by atoms with van der Waals surface area (Å²) in [5.74, 6) is 2.05. The fraction of sp³-hybridized carbons (Fsp3) is 0.423. The van der Waals surface area contributed by atoms with Gasteiger partial charge in [-0.25, -0.2) is 0 Å². The van der Waals surface area contributed by atoms with Gasteiger partial charge in [0.2, 0.25) is 5.91 Å². The number of ether oxygens (including phenoxy) is 2. The van der Waals surface area contributed by atoms with Gasteiger partial charge in [-0.05, 0) is 74.6 Å². The standard InChI is InChI=1S/C26H31NO3/c1-26(16-14-19-8-11-23(29-2)12-9-19)17-15-21-18-22(10-13-24(21)30-26)27-25(28)20-6-4-3-5-7-20/h8-13,15,17-18,20H,3-7,14,16H2,1-2H3,(H,27,28). The SMILES string of the molecule is COc1ccc(CCC2(C)C=Cc3cc(NC(=O)C4CCCCC4)ccc3O2)cc1. The minimum atomic E-state index is -0.347. The molecule has 1 amide bonds. The zero-order valence-electron chi connectivity index (χ0n) is 17.9. The molecule has 2 aliphatic rings. The van der Waals surface area contributed by atoms with Crippen molar-refractivity contribution in [1.29, 1.82) is 0 Å². The third kappa shape index (κ3) is 4.86. The molecule has 0 saturated heterocycles. The van der Waals surface area contributed by atoms with Gasteiger partial charge in [0.25, 0.3) is 0 Å².